The fourth-order valence-electron chi connectivity index (χ4n) is 1.35. The van der Waals surface area contributed by atoms with Crippen LogP contribution in [0.2, 0.25) is 0 Å². The maximum absolute atomic E-state index is 11.0. The summed E-state index contributed by atoms with van der Waals surface area (Å²) >= 11 is 0.218. The molecule has 1 saturated heterocycles. The molecule has 1 heterocycles. The minimum absolute atomic E-state index is 0.151. The summed E-state index contributed by atoms with van der Waals surface area (Å²) in [7, 11) is -3.93. The Balaban J connectivity index is 2.30. The molecule has 0 amide bonds. The summed E-state index contributed by atoms with van der Waals surface area (Å²) in [6.07, 6.45) is -0.838. The molecular weight excluding hydrogens is 252 g/mol. The van der Waals surface area contributed by atoms with E-state index in [-0.39, 0.29) is 17.9 Å². The van der Waals surface area contributed by atoms with Crippen LogP contribution in [0.1, 0.15) is 5.56 Å². The number of benzene rings is 1. The van der Waals surface area contributed by atoms with Crippen LogP contribution in [0.4, 0.5) is 0 Å². The van der Waals surface area contributed by atoms with E-state index in [1.165, 1.54) is 0 Å². The quantitative estimate of drug-likeness (QED) is 0.556. The molecule has 7 heteroatoms. The van der Waals surface area contributed by atoms with Gasteiger partial charge in [0.1, 0.15) is 12.7 Å². The molecular formula is C9H8O5S2. The molecule has 0 spiro atoms. The van der Waals surface area contributed by atoms with Gasteiger partial charge in [-0.25, -0.2) is 12.6 Å². The Morgan fingerprint density at radius 2 is 2.00 bits per heavy atom. The first-order chi connectivity index (χ1) is 7.62. The number of rotatable bonds is 2. The highest BCUT2D eigenvalue weighted by Crippen LogP contribution is 2.17. The van der Waals surface area contributed by atoms with Gasteiger partial charge in [-0.3, -0.25) is 0 Å². The minimum atomic E-state index is -3.93. The molecule has 2 rings (SSSR count). The molecule has 0 radical (unpaired) electrons. The Morgan fingerprint density at radius 1 is 1.31 bits per heavy atom. The van der Waals surface area contributed by atoms with Gasteiger partial charge in [0.25, 0.3) is 0 Å². The standard InChI is InChI=1S/C9H8O5S2/c10-15-9(7-4-2-1-3-5-7)8-6-13-16(11,12)14-8/h1-5,8H,6H2. The van der Waals surface area contributed by atoms with Gasteiger partial charge in [0.05, 0.1) is 16.1 Å². The Morgan fingerprint density at radius 3 is 2.50 bits per heavy atom. The third kappa shape index (κ3) is 2.38. The van der Waals surface area contributed by atoms with Gasteiger partial charge in [-0.15, -0.1) is 0 Å². The molecule has 1 atom stereocenters. The maximum Gasteiger partial charge on any atom is 0.400 e. The van der Waals surface area contributed by atoms with Crippen LogP contribution in [0.5, 0.6) is 0 Å². The molecule has 1 unspecified atom stereocenters. The van der Waals surface area contributed by atoms with Gasteiger partial charge in [0.2, 0.25) is 0 Å². The Bertz CT molecular complexity index is 530. The highest BCUT2D eigenvalue weighted by atomic mass is 32.3. The Labute approximate surface area is 96.4 Å². The highest BCUT2D eigenvalue weighted by Gasteiger charge is 2.34. The Hall–Kier alpha value is -1.02. The van der Waals surface area contributed by atoms with Crippen molar-refractivity contribution in [3.63, 3.8) is 0 Å². The van der Waals surface area contributed by atoms with Gasteiger partial charge >= 0.3 is 10.4 Å². The normalized spacial score (nSPS) is 22.9. The van der Waals surface area contributed by atoms with Gasteiger partial charge in [-0.05, 0) is 5.56 Å². The molecule has 1 aromatic carbocycles. The molecule has 1 fully saturated rings. The second-order valence-electron chi connectivity index (χ2n) is 3.09. The van der Waals surface area contributed by atoms with E-state index in [4.69, 9.17) is 0 Å². The average molecular weight is 260 g/mol. The van der Waals surface area contributed by atoms with Crippen molar-refractivity contribution in [1.82, 2.24) is 0 Å². The summed E-state index contributed by atoms with van der Waals surface area (Å²) in [5.41, 5.74) is 0.646. The second kappa shape index (κ2) is 4.46. The van der Waals surface area contributed by atoms with E-state index >= 15 is 0 Å². The molecule has 0 N–H and O–H groups in total. The monoisotopic (exact) mass is 260 g/mol. The predicted octanol–water partition coefficient (Wildman–Crippen LogP) is 0.0803. The SMILES string of the molecule is O=S=C(c1ccccc1)C1COS(=O)(=O)O1. The molecule has 0 aromatic heterocycles. The first-order valence-electron chi connectivity index (χ1n) is 4.42. The van der Waals surface area contributed by atoms with Crippen LogP contribution >= 0.6 is 0 Å². The molecule has 16 heavy (non-hydrogen) atoms. The van der Waals surface area contributed by atoms with Crippen molar-refractivity contribution in [2.45, 2.75) is 6.10 Å². The summed E-state index contributed by atoms with van der Waals surface area (Å²) in [5, 5.41) is 0. The largest absolute Gasteiger partial charge is 0.400 e. The molecule has 0 bridgehead atoms. The van der Waals surface area contributed by atoms with Crippen molar-refractivity contribution >= 4 is 26.5 Å². The Kier molecular flexibility index (Phi) is 3.20. The number of hydrogen-bond acceptors (Lipinski definition) is 5. The number of hydrogen-bond donors (Lipinski definition) is 0. The van der Waals surface area contributed by atoms with Crippen LogP contribution in [-0.2, 0) is 30.0 Å². The van der Waals surface area contributed by atoms with Crippen molar-refractivity contribution in [3.8, 4) is 0 Å². The van der Waals surface area contributed by atoms with Crippen LogP contribution in [0, 0.1) is 0 Å². The van der Waals surface area contributed by atoms with Crippen LogP contribution in [0.3, 0.4) is 0 Å². The predicted molar refractivity (Wildman–Crippen MR) is 58.4 cm³/mol. The van der Waals surface area contributed by atoms with Crippen molar-refractivity contribution < 1.29 is 21.0 Å². The lowest BCUT2D eigenvalue weighted by Crippen LogP contribution is -2.24. The molecule has 1 aromatic rings. The van der Waals surface area contributed by atoms with Crippen LogP contribution in [0.25, 0.3) is 0 Å². The summed E-state index contributed by atoms with van der Waals surface area (Å²) in [5.74, 6) is 0. The van der Waals surface area contributed by atoms with Gasteiger partial charge in [-0.1, -0.05) is 30.3 Å². The molecule has 0 aliphatic carbocycles. The molecule has 86 valence electrons. The molecule has 1 aliphatic rings. The van der Waals surface area contributed by atoms with Crippen molar-refractivity contribution in [2.75, 3.05) is 6.61 Å². The van der Waals surface area contributed by atoms with Crippen LogP contribution < -0.4 is 0 Å². The van der Waals surface area contributed by atoms with Crippen molar-refractivity contribution in [3.05, 3.63) is 35.9 Å². The van der Waals surface area contributed by atoms with Crippen LogP contribution in [-0.4, -0.2) is 30.2 Å². The third-order valence-corrected chi connectivity index (χ3v) is 3.61. The third-order valence-electron chi connectivity index (χ3n) is 2.04. The lowest BCUT2D eigenvalue weighted by atomic mass is 10.1. The lowest BCUT2D eigenvalue weighted by Gasteiger charge is -2.06. The molecule has 5 nitrogen and oxygen atoms in total. The zero-order chi connectivity index (χ0) is 11.6. The van der Waals surface area contributed by atoms with Gasteiger partial charge in [0, 0.05) is 0 Å². The van der Waals surface area contributed by atoms with E-state index in [9.17, 15) is 12.6 Å². The van der Waals surface area contributed by atoms with E-state index in [1.54, 1.807) is 30.3 Å². The summed E-state index contributed by atoms with van der Waals surface area (Å²) in [4.78, 5) is 0.307. The van der Waals surface area contributed by atoms with Gasteiger partial charge in [0.15, 0.2) is 0 Å². The fraction of sp³-hybridized carbons (Fsp3) is 0.222. The maximum atomic E-state index is 11.0. The first-order valence-corrected chi connectivity index (χ1v) is 6.49. The van der Waals surface area contributed by atoms with E-state index in [1.807, 2.05) is 0 Å². The first kappa shape index (κ1) is 11.5. The second-order valence-corrected chi connectivity index (χ2v) is 4.94. The van der Waals surface area contributed by atoms with Crippen molar-refractivity contribution in [1.29, 1.82) is 0 Å². The highest BCUT2D eigenvalue weighted by molar-refractivity contribution is 7.82. The van der Waals surface area contributed by atoms with Gasteiger partial charge in [-0.2, -0.15) is 8.42 Å². The van der Waals surface area contributed by atoms with Crippen molar-refractivity contribution in [2.24, 2.45) is 0 Å². The molecule has 0 saturated carbocycles. The minimum Gasteiger partial charge on any atom is -0.245 e. The summed E-state index contributed by atoms with van der Waals surface area (Å²) in [6, 6.07) is 8.76. The van der Waals surface area contributed by atoms with E-state index in [2.05, 4.69) is 8.37 Å². The van der Waals surface area contributed by atoms with Crippen LogP contribution in [0.15, 0.2) is 30.3 Å². The summed E-state index contributed by atoms with van der Waals surface area (Å²) < 4.78 is 41.9. The zero-order valence-electron chi connectivity index (χ0n) is 8.03. The average Bonchev–Trinajstić information content (AvgIpc) is 2.62. The van der Waals surface area contributed by atoms with E-state index < -0.39 is 16.5 Å². The zero-order valence-corrected chi connectivity index (χ0v) is 9.66. The smallest absolute Gasteiger partial charge is 0.245 e. The summed E-state index contributed by atoms with van der Waals surface area (Å²) in [6.45, 7) is -0.151. The van der Waals surface area contributed by atoms with E-state index in [0.717, 1.165) is 0 Å². The molecule has 1 aliphatic heterocycles. The topological polar surface area (TPSA) is 69.7 Å². The lowest BCUT2D eigenvalue weighted by molar-refractivity contribution is 0.310. The van der Waals surface area contributed by atoms with E-state index in [0.29, 0.717) is 10.4 Å². The fourth-order valence-corrected chi connectivity index (χ4v) is 2.65. The van der Waals surface area contributed by atoms with Gasteiger partial charge < -0.3 is 0 Å².